The molecule has 0 amide bonds. The van der Waals surface area contributed by atoms with E-state index in [0.29, 0.717) is 24.5 Å². The topological polar surface area (TPSA) is 32.7 Å². The number of morpholine rings is 1. The Morgan fingerprint density at radius 2 is 1.70 bits per heavy atom. The highest BCUT2D eigenvalue weighted by molar-refractivity contribution is 5.83. The van der Waals surface area contributed by atoms with Gasteiger partial charge in [-0.2, -0.15) is 0 Å². The van der Waals surface area contributed by atoms with Gasteiger partial charge in [0.25, 0.3) is 0 Å². The Morgan fingerprint density at radius 3 is 2.44 bits per heavy atom. The molecule has 2 aromatic carbocycles. The van der Waals surface area contributed by atoms with Gasteiger partial charge in [0.05, 0.1) is 13.2 Å². The predicted molar refractivity (Wildman–Crippen MR) is 113 cm³/mol. The molecule has 0 aliphatic carbocycles. The van der Waals surface area contributed by atoms with Gasteiger partial charge in [0.2, 0.25) is 0 Å². The van der Waals surface area contributed by atoms with Crippen LogP contribution in [0.3, 0.4) is 0 Å². The molecule has 1 aliphatic heterocycles. The molecule has 3 nitrogen and oxygen atoms in total. The van der Waals surface area contributed by atoms with Crippen molar-refractivity contribution in [2.24, 2.45) is 5.92 Å². The third-order valence-electron chi connectivity index (χ3n) is 6.23. The Balaban J connectivity index is 1.82. The zero-order valence-corrected chi connectivity index (χ0v) is 16.9. The Hall–Kier alpha value is -1.42. The molecular weight excluding hydrogens is 334 g/mol. The second-order valence-corrected chi connectivity index (χ2v) is 8.07. The number of hydrogen-bond acceptors (Lipinski definition) is 3. The van der Waals surface area contributed by atoms with Crippen LogP contribution in [0.4, 0.5) is 0 Å². The molecule has 1 heterocycles. The summed E-state index contributed by atoms with van der Waals surface area (Å²) in [7, 11) is 0. The van der Waals surface area contributed by atoms with Gasteiger partial charge in [0, 0.05) is 31.7 Å². The van der Waals surface area contributed by atoms with Gasteiger partial charge in [-0.25, -0.2) is 0 Å². The monoisotopic (exact) mass is 369 g/mol. The van der Waals surface area contributed by atoms with Crippen molar-refractivity contribution in [3.05, 3.63) is 48.0 Å². The molecule has 148 valence electrons. The van der Waals surface area contributed by atoms with E-state index in [1.807, 2.05) is 0 Å². The minimum Gasteiger partial charge on any atom is -0.396 e. The molecule has 2 aromatic rings. The molecule has 1 N–H and O–H groups in total. The van der Waals surface area contributed by atoms with Gasteiger partial charge in [0.1, 0.15) is 0 Å². The Morgan fingerprint density at radius 1 is 0.963 bits per heavy atom. The minimum atomic E-state index is 0.312. The third kappa shape index (κ3) is 5.31. The van der Waals surface area contributed by atoms with Crippen LogP contribution in [-0.2, 0) is 4.74 Å². The van der Waals surface area contributed by atoms with Crippen molar-refractivity contribution in [1.29, 1.82) is 0 Å². The van der Waals surface area contributed by atoms with Crippen LogP contribution in [0, 0.1) is 5.92 Å². The van der Waals surface area contributed by atoms with Gasteiger partial charge < -0.3 is 9.84 Å². The molecule has 1 aliphatic rings. The summed E-state index contributed by atoms with van der Waals surface area (Å²) < 4.78 is 5.58. The number of rotatable bonds is 9. The quantitative estimate of drug-likeness (QED) is 0.643. The number of ether oxygens (including phenoxy) is 1. The van der Waals surface area contributed by atoms with Crippen molar-refractivity contribution in [2.45, 2.75) is 51.5 Å². The molecule has 27 heavy (non-hydrogen) atoms. The Kier molecular flexibility index (Phi) is 7.69. The number of aliphatic hydroxyl groups is 1. The van der Waals surface area contributed by atoms with Gasteiger partial charge in [-0.3, -0.25) is 4.90 Å². The van der Waals surface area contributed by atoms with Crippen LogP contribution in [-0.4, -0.2) is 49.0 Å². The molecule has 0 spiro atoms. The van der Waals surface area contributed by atoms with Gasteiger partial charge >= 0.3 is 0 Å². The fraction of sp³-hybridized carbons (Fsp3) is 0.583. The van der Waals surface area contributed by atoms with Crippen LogP contribution in [0.25, 0.3) is 10.8 Å². The fourth-order valence-electron chi connectivity index (χ4n) is 4.64. The summed E-state index contributed by atoms with van der Waals surface area (Å²) in [5.41, 5.74) is 1.46. The lowest BCUT2D eigenvalue weighted by molar-refractivity contribution is 0.0100. The first-order chi connectivity index (χ1) is 13.2. The second kappa shape index (κ2) is 10.2. The summed E-state index contributed by atoms with van der Waals surface area (Å²) in [5.74, 6) is 1.13. The maximum Gasteiger partial charge on any atom is 0.0594 e. The van der Waals surface area contributed by atoms with E-state index < -0.39 is 0 Å². The van der Waals surface area contributed by atoms with E-state index in [1.54, 1.807) is 0 Å². The van der Waals surface area contributed by atoms with E-state index in [9.17, 15) is 0 Å². The van der Waals surface area contributed by atoms with Crippen molar-refractivity contribution in [1.82, 2.24) is 4.90 Å². The maximum absolute atomic E-state index is 9.06. The van der Waals surface area contributed by atoms with Crippen LogP contribution < -0.4 is 0 Å². The van der Waals surface area contributed by atoms with E-state index >= 15 is 0 Å². The maximum atomic E-state index is 9.06. The Labute approximate surface area is 164 Å². The molecule has 1 fully saturated rings. The summed E-state index contributed by atoms with van der Waals surface area (Å²) in [5, 5.41) is 11.7. The van der Waals surface area contributed by atoms with Gasteiger partial charge in [0.15, 0.2) is 0 Å². The fourth-order valence-corrected chi connectivity index (χ4v) is 4.64. The van der Waals surface area contributed by atoms with Crippen LogP contribution >= 0.6 is 0 Å². The first-order valence-corrected chi connectivity index (χ1v) is 10.6. The van der Waals surface area contributed by atoms with Crippen LogP contribution in [0.2, 0.25) is 0 Å². The summed E-state index contributed by atoms with van der Waals surface area (Å²) >= 11 is 0. The highest BCUT2D eigenvalue weighted by atomic mass is 16.5. The van der Waals surface area contributed by atoms with Crippen molar-refractivity contribution in [2.75, 3.05) is 32.9 Å². The number of aliphatic hydroxyl groups excluding tert-OH is 1. The first kappa shape index (κ1) is 20.3. The van der Waals surface area contributed by atoms with Gasteiger partial charge in [-0.05, 0) is 35.6 Å². The summed E-state index contributed by atoms with van der Waals surface area (Å²) in [6, 6.07) is 16.2. The zero-order chi connectivity index (χ0) is 19.1. The largest absolute Gasteiger partial charge is 0.396 e. The lowest BCUT2D eigenvalue weighted by atomic mass is 9.78. The lowest BCUT2D eigenvalue weighted by Crippen LogP contribution is -2.46. The minimum absolute atomic E-state index is 0.312. The standard InChI is InChI=1S/C24H35NO2/c1-19(8-4-3-7-15-26)24(20(2)25-13-16-27-17-14-25)23-12-11-21-9-5-6-10-22(21)18-23/h5-6,9-12,18-20,24,26H,3-4,7-8,13-17H2,1-2H3. The van der Waals surface area contributed by atoms with E-state index in [-0.39, 0.29) is 0 Å². The van der Waals surface area contributed by atoms with E-state index in [2.05, 4.69) is 61.2 Å². The van der Waals surface area contributed by atoms with Crippen molar-refractivity contribution < 1.29 is 9.84 Å². The zero-order valence-electron chi connectivity index (χ0n) is 16.9. The molecule has 0 saturated carbocycles. The van der Waals surface area contributed by atoms with Gasteiger partial charge in [-0.1, -0.05) is 68.7 Å². The number of unbranched alkanes of at least 4 members (excludes halogenated alkanes) is 2. The molecule has 3 unspecified atom stereocenters. The van der Waals surface area contributed by atoms with E-state index in [1.165, 1.54) is 29.2 Å². The first-order valence-electron chi connectivity index (χ1n) is 10.6. The molecule has 0 bridgehead atoms. The molecule has 1 saturated heterocycles. The van der Waals surface area contributed by atoms with E-state index in [0.717, 1.165) is 39.1 Å². The Bertz CT molecular complexity index is 696. The molecule has 0 aromatic heterocycles. The summed E-state index contributed by atoms with van der Waals surface area (Å²) in [6.45, 7) is 8.88. The van der Waals surface area contributed by atoms with Crippen molar-refractivity contribution >= 4 is 10.8 Å². The highest BCUT2D eigenvalue weighted by Gasteiger charge is 2.30. The highest BCUT2D eigenvalue weighted by Crippen LogP contribution is 2.35. The van der Waals surface area contributed by atoms with Gasteiger partial charge in [-0.15, -0.1) is 0 Å². The average molecular weight is 370 g/mol. The number of fused-ring (bicyclic) bond motifs is 1. The van der Waals surface area contributed by atoms with Crippen LogP contribution in [0.15, 0.2) is 42.5 Å². The van der Waals surface area contributed by atoms with Crippen molar-refractivity contribution in [3.63, 3.8) is 0 Å². The SMILES string of the molecule is CC(CCCCCO)C(c1ccc2ccccc2c1)C(C)N1CCOCC1. The summed E-state index contributed by atoms with van der Waals surface area (Å²) in [6.07, 6.45) is 4.46. The number of hydrogen-bond donors (Lipinski definition) is 1. The summed E-state index contributed by atoms with van der Waals surface area (Å²) in [4.78, 5) is 2.60. The predicted octanol–water partition coefficient (Wildman–Crippen LogP) is 4.83. The van der Waals surface area contributed by atoms with Crippen LogP contribution in [0.5, 0.6) is 0 Å². The van der Waals surface area contributed by atoms with E-state index in [4.69, 9.17) is 9.84 Å². The third-order valence-corrected chi connectivity index (χ3v) is 6.23. The normalized spacial score (nSPS) is 19.1. The number of benzene rings is 2. The smallest absolute Gasteiger partial charge is 0.0594 e. The molecule has 3 atom stereocenters. The molecule has 3 heteroatoms. The van der Waals surface area contributed by atoms with Crippen LogP contribution in [0.1, 0.15) is 51.0 Å². The second-order valence-electron chi connectivity index (χ2n) is 8.07. The number of nitrogens with zero attached hydrogens (tertiary/aromatic N) is 1. The molecule has 0 radical (unpaired) electrons. The average Bonchev–Trinajstić information content (AvgIpc) is 2.72. The molecule has 3 rings (SSSR count). The molecular formula is C24H35NO2. The lowest BCUT2D eigenvalue weighted by Gasteiger charge is -2.40. The van der Waals surface area contributed by atoms with Crippen molar-refractivity contribution in [3.8, 4) is 0 Å².